The van der Waals surface area contributed by atoms with Gasteiger partial charge in [0.2, 0.25) is 0 Å². The van der Waals surface area contributed by atoms with Crippen molar-refractivity contribution < 1.29 is 27.3 Å². The first-order valence-electron chi connectivity index (χ1n) is 12.9. The number of hydrogen-bond acceptors (Lipinski definition) is 4. The molecule has 0 aliphatic rings. The van der Waals surface area contributed by atoms with Crippen LogP contribution < -0.4 is 0 Å². The topological polar surface area (TPSA) is 101 Å². The van der Waals surface area contributed by atoms with Gasteiger partial charge in [-0.15, -0.1) is 0 Å². The maximum absolute atomic E-state index is 15.0. The first-order valence-corrected chi connectivity index (χ1v) is 15.9. The summed E-state index contributed by atoms with van der Waals surface area (Å²) >= 11 is 0. The molecule has 0 heterocycles. The van der Waals surface area contributed by atoms with Crippen LogP contribution >= 0.6 is 7.82 Å². The van der Waals surface area contributed by atoms with Crippen LogP contribution in [0.4, 0.5) is 0 Å². The lowest BCUT2D eigenvalue weighted by Gasteiger charge is -2.34. The molecule has 0 spiro atoms. The SMILES string of the molecule is O=P(O)(O)OCC(Cc1ccccc1)(Cc1ccccc1)S(=O)(=O)c1ccc2ccc3cccc4ccc1c2c34. The Bertz CT molecular complexity index is 1910. The van der Waals surface area contributed by atoms with Gasteiger partial charge in [-0.3, -0.25) is 4.52 Å². The third kappa shape index (κ3) is 4.81. The monoisotopic (exact) mass is 570 g/mol. The molecular weight excluding hydrogens is 543 g/mol. The summed E-state index contributed by atoms with van der Waals surface area (Å²) in [6.45, 7) is -0.689. The molecule has 0 saturated carbocycles. The summed E-state index contributed by atoms with van der Waals surface area (Å²) in [6, 6.07) is 35.4. The lowest BCUT2D eigenvalue weighted by atomic mass is 9.92. The van der Waals surface area contributed by atoms with E-state index in [9.17, 15) is 22.8 Å². The maximum Gasteiger partial charge on any atom is 0.469 e. The number of phosphoric acid groups is 1. The molecule has 0 atom stereocenters. The molecule has 0 unspecified atom stereocenters. The molecule has 6 rings (SSSR count). The Morgan fingerprint density at radius 1 is 0.625 bits per heavy atom. The molecule has 0 amide bonds. The van der Waals surface area contributed by atoms with Crippen LogP contribution in [-0.4, -0.2) is 29.6 Å². The average molecular weight is 571 g/mol. The second-order valence-corrected chi connectivity index (χ2v) is 13.7. The first kappa shape index (κ1) is 26.6. The molecule has 0 aromatic heterocycles. The minimum atomic E-state index is -4.99. The van der Waals surface area contributed by atoms with Crippen LogP contribution in [0.2, 0.25) is 0 Å². The number of benzene rings is 6. The average Bonchev–Trinajstić information content (AvgIpc) is 2.95. The quantitative estimate of drug-likeness (QED) is 0.148. The zero-order valence-corrected chi connectivity index (χ0v) is 23.2. The highest BCUT2D eigenvalue weighted by atomic mass is 32.2. The van der Waals surface area contributed by atoms with Gasteiger partial charge in [0.25, 0.3) is 0 Å². The van der Waals surface area contributed by atoms with E-state index in [-0.39, 0.29) is 17.7 Å². The molecule has 202 valence electrons. The predicted molar refractivity (Wildman–Crippen MR) is 158 cm³/mol. The van der Waals surface area contributed by atoms with Crippen molar-refractivity contribution in [3.05, 3.63) is 126 Å². The van der Waals surface area contributed by atoms with Crippen LogP contribution in [0.5, 0.6) is 0 Å². The number of rotatable bonds is 9. The highest BCUT2D eigenvalue weighted by Crippen LogP contribution is 2.44. The molecule has 6 aromatic carbocycles. The lowest BCUT2D eigenvalue weighted by molar-refractivity contribution is 0.174. The summed E-state index contributed by atoms with van der Waals surface area (Å²) in [5, 5.41) is 5.34. The molecule has 2 N–H and O–H groups in total. The van der Waals surface area contributed by atoms with E-state index in [1.165, 1.54) is 0 Å². The van der Waals surface area contributed by atoms with Gasteiger partial charge in [-0.2, -0.15) is 0 Å². The number of hydrogen-bond donors (Lipinski definition) is 2. The molecule has 0 fully saturated rings. The third-order valence-corrected chi connectivity index (χ3v) is 10.5. The minimum absolute atomic E-state index is 0.00690. The van der Waals surface area contributed by atoms with Crippen molar-refractivity contribution in [3.63, 3.8) is 0 Å². The van der Waals surface area contributed by atoms with Crippen molar-refractivity contribution >= 4 is 50.0 Å². The summed E-state index contributed by atoms with van der Waals surface area (Å²) in [5.41, 5.74) is 1.43. The molecule has 0 aliphatic carbocycles. The molecule has 8 heteroatoms. The normalized spacial score (nSPS) is 12.9. The third-order valence-electron chi connectivity index (χ3n) is 7.58. The van der Waals surface area contributed by atoms with Gasteiger partial charge in [0.15, 0.2) is 9.84 Å². The Kier molecular flexibility index (Phi) is 6.73. The van der Waals surface area contributed by atoms with Crippen molar-refractivity contribution in [2.24, 2.45) is 0 Å². The van der Waals surface area contributed by atoms with Gasteiger partial charge in [0, 0.05) is 5.39 Å². The summed E-state index contributed by atoms with van der Waals surface area (Å²) < 4.78 is 45.3. The van der Waals surface area contributed by atoms with Crippen LogP contribution in [-0.2, 0) is 31.8 Å². The Balaban J connectivity index is 1.63. The Labute approximate surface area is 232 Å². The van der Waals surface area contributed by atoms with Gasteiger partial charge < -0.3 is 9.79 Å². The molecule has 40 heavy (non-hydrogen) atoms. The van der Waals surface area contributed by atoms with Crippen molar-refractivity contribution in [2.45, 2.75) is 22.5 Å². The zero-order valence-electron chi connectivity index (χ0n) is 21.5. The van der Waals surface area contributed by atoms with Gasteiger partial charge >= 0.3 is 7.82 Å². The fraction of sp³-hybridized carbons (Fsp3) is 0.125. The highest BCUT2D eigenvalue weighted by Gasteiger charge is 2.47. The predicted octanol–water partition coefficient (Wildman–Crippen LogP) is 6.69. The van der Waals surface area contributed by atoms with Gasteiger partial charge in [-0.25, -0.2) is 13.0 Å². The molecule has 0 bridgehead atoms. The standard InChI is InChI=1S/C32H27O6PS/c33-39(34,35)38-22-32(20-23-8-3-1-4-9-23,21-24-10-5-2-6-11-24)40(36,37)29-19-17-27-15-14-25-12-7-13-26-16-18-28(29)31(27)30(25)26/h1-19H,20-22H2,(H2,33,34,35). The van der Waals surface area contributed by atoms with E-state index in [0.717, 1.165) is 26.9 Å². The summed E-state index contributed by atoms with van der Waals surface area (Å²) in [6.07, 6.45) is -0.0138. The molecule has 0 saturated heterocycles. The van der Waals surface area contributed by atoms with E-state index in [0.29, 0.717) is 16.5 Å². The Morgan fingerprint density at radius 3 is 1.68 bits per heavy atom. The minimum Gasteiger partial charge on any atom is -0.303 e. The molecule has 0 radical (unpaired) electrons. The van der Waals surface area contributed by atoms with Crippen molar-refractivity contribution in [1.82, 2.24) is 0 Å². The summed E-state index contributed by atoms with van der Waals surface area (Å²) in [5.74, 6) is 0. The molecular formula is C32H27O6PS. The smallest absolute Gasteiger partial charge is 0.303 e. The van der Waals surface area contributed by atoms with E-state index < -0.39 is 29.0 Å². The van der Waals surface area contributed by atoms with E-state index in [1.54, 1.807) is 12.1 Å². The number of phosphoric ester groups is 1. The van der Waals surface area contributed by atoms with E-state index >= 15 is 0 Å². The summed E-state index contributed by atoms with van der Waals surface area (Å²) in [4.78, 5) is 19.5. The van der Waals surface area contributed by atoms with Gasteiger partial charge in [0.05, 0.1) is 11.5 Å². The Morgan fingerprint density at radius 2 is 1.12 bits per heavy atom. The van der Waals surface area contributed by atoms with Crippen molar-refractivity contribution in [3.8, 4) is 0 Å². The van der Waals surface area contributed by atoms with E-state index in [2.05, 4.69) is 0 Å². The number of sulfone groups is 1. The van der Waals surface area contributed by atoms with Gasteiger partial charge in [-0.1, -0.05) is 109 Å². The second-order valence-electron chi connectivity index (χ2n) is 10.2. The Hall–Kier alpha value is -3.58. The molecule has 6 nitrogen and oxygen atoms in total. The first-order chi connectivity index (χ1) is 19.2. The maximum atomic E-state index is 15.0. The fourth-order valence-electron chi connectivity index (χ4n) is 5.75. The lowest BCUT2D eigenvalue weighted by Crippen LogP contribution is -2.47. The summed E-state index contributed by atoms with van der Waals surface area (Å²) in [7, 11) is -9.27. The van der Waals surface area contributed by atoms with Gasteiger partial charge in [-0.05, 0) is 57.0 Å². The van der Waals surface area contributed by atoms with Crippen molar-refractivity contribution in [2.75, 3.05) is 6.61 Å². The van der Waals surface area contributed by atoms with Crippen LogP contribution in [0.15, 0.2) is 120 Å². The van der Waals surface area contributed by atoms with E-state index in [4.69, 9.17) is 4.52 Å². The van der Waals surface area contributed by atoms with Crippen LogP contribution in [0.25, 0.3) is 32.3 Å². The van der Waals surface area contributed by atoms with Crippen LogP contribution in [0.3, 0.4) is 0 Å². The van der Waals surface area contributed by atoms with Gasteiger partial charge in [0.1, 0.15) is 4.75 Å². The molecule has 6 aromatic rings. The second kappa shape index (κ2) is 10.1. The van der Waals surface area contributed by atoms with Crippen LogP contribution in [0.1, 0.15) is 11.1 Å². The largest absolute Gasteiger partial charge is 0.469 e. The molecule has 0 aliphatic heterocycles. The fourth-order valence-corrected chi connectivity index (χ4v) is 8.35. The highest BCUT2D eigenvalue weighted by molar-refractivity contribution is 7.93. The van der Waals surface area contributed by atoms with Crippen LogP contribution in [0, 0.1) is 0 Å². The zero-order chi connectivity index (χ0) is 28.0. The van der Waals surface area contributed by atoms with E-state index in [1.807, 2.05) is 103 Å². The van der Waals surface area contributed by atoms with Crippen molar-refractivity contribution in [1.29, 1.82) is 0 Å².